The first-order valence-electron chi connectivity index (χ1n) is 8.40. The molecule has 0 spiro atoms. The fourth-order valence-corrected chi connectivity index (χ4v) is 2.77. The topological polar surface area (TPSA) is 70.8 Å². The van der Waals surface area contributed by atoms with Gasteiger partial charge in [0.05, 0.1) is 0 Å². The van der Waals surface area contributed by atoms with E-state index in [1.807, 2.05) is 12.1 Å². The van der Waals surface area contributed by atoms with Gasteiger partial charge < -0.3 is 24.3 Å². The molecule has 1 saturated heterocycles. The number of anilines is 1. The average Bonchev–Trinajstić information content (AvgIpc) is 3.10. The van der Waals surface area contributed by atoms with Crippen molar-refractivity contribution in [3.8, 4) is 0 Å². The number of hydrogen-bond acceptors (Lipinski definition) is 6. The first-order valence-corrected chi connectivity index (χ1v) is 8.40. The molecule has 7 heteroatoms. The average molecular weight is 344 g/mol. The van der Waals surface area contributed by atoms with Crippen LogP contribution in [0, 0.1) is 0 Å². The normalized spacial score (nSPS) is 15.4. The maximum absolute atomic E-state index is 12.2. The molecule has 0 radical (unpaired) electrons. The van der Waals surface area contributed by atoms with Gasteiger partial charge in [0.1, 0.15) is 18.2 Å². The van der Waals surface area contributed by atoms with Gasteiger partial charge in [-0.1, -0.05) is 0 Å². The molecule has 1 aliphatic heterocycles. The second kappa shape index (κ2) is 8.13. The van der Waals surface area contributed by atoms with Gasteiger partial charge in [0.25, 0.3) is 5.91 Å². The molecule has 1 amide bonds. The van der Waals surface area contributed by atoms with Crippen molar-refractivity contribution in [3.63, 3.8) is 0 Å². The van der Waals surface area contributed by atoms with Gasteiger partial charge in [-0.3, -0.25) is 4.79 Å². The number of piperazine rings is 1. The Balaban J connectivity index is 1.57. The van der Waals surface area contributed by atoms with Crippen LogP contribution in [0.1, 0.15) is 21.9 Å². The number of nitrogens with zero attached hydrogens (tertiary/aromatic N) is 3. The Morgan fingerprint density at radius 1 is 1.28 bits per heavy atom. The largest absolute Gasteiger partial charge is 0.453 e. The second-order valence-electron chi connectivity index (χ2n) is 6.19. The lowest BCUT2D eigenvalue weighted by molar-refractivity contribution is 0.0914. The molecule has 1 N–H and O–H groups in total. The number of methoxy groups -OCH3 is 1. The third-order valence-corrected chi connectivity index (χ3v) is 4.26. The van der Waals surface area contributed by atoms with Gasteiger partial charge in [-0.2, -0.15) is 0 Å². The first-order chi connectivity index (χ1) is 12.2. The molecule has 0 atom stereocenters. The fourth-order valence-electron chi connectivity index (χ4n) is 2.77. The lowest BCUT2D eigenvalue weighted by atomic mass is 10.2. The van der Waals surface area contributed by atoms with Crippen molar-refractivity contribution in [2.75, 3.05) is 45.2 Å². The van der Waals surface area contributed by atoms with E-state index in [4.69, 9.17) is 9.15 Å². The van der Waals surface area contributed by atoms with Crippen LogP contribution in [0.2, 0.25) is 0 Å². The van der Waals surface area contributed by atoms with E-state index in [0.29, 0.717) is 24.7 Å². The Morgan fingerprint density at radius 2 is 2.08 bits per heavy atom. The molecule has 25 heavy (non-hydrogen) atoms. The van der Waals surface area contributed by atoms with Crippen LogP contribution < -0.4 is 10.2 Å². The predicted octanol–water partition coefficient (Wildman–Crippen LogP) is 1.50. The van der Waals surface area contributed by atoms with Crippen LogP contribution in [-0.2, 0) is 17.9 Å². The third kappa shape index (κ3) is 4.58. The Morgan fingerprint density at radius 3 is 2.84 bits per heavy atom. The highest BCUT2D eigenvalue weighted by Crippen LogP contribution is 2.15. The van der Waals surface area contributed by atoms with Gasteiger partial charge in [-0.25, -0.2) is 4.98 Å². The van der Waals surface area contributed by atoms with E-state index >= 15 is 0 Å². The number of aromatic nitrogens is 1. The number of carbonyl (C=O) groups is 1. The Bertz CT molecular complexity index is 708. The molecule has 0 saturated carbocycles. The van der Waals surface area contributed by atoms with Crippen molar-refractivity contribution >= 4 is 11.7 Å². The SMILES string of the molecule is COCc1ccc(C(=O)NCc2ccnc(N3CCN(C)CC3)c2)o1. The summed E-state index contributed by atoms with van der Waals surface area (Å²) in [5.74, 6) is 1.65. The molecule has 1 aliphatic rings. The molecule has 3 rings (SSSR count). The van der Waals surface area contributed by atoms with Crippen molar-refractivity contribution in [1.82, 2.24) is 15.2 Å². The molecular weight excluding hydrogens is 320 g/mol. The molecule has 3 heterocycles. The van der Waals surface area contributed by atoms with E-state index in [9.17, 15) is 4.79 Å². The molecule has 0 aromatic carbocycles. The molecule has 2 aromatic heterocycles. The van der Waals surface area contributed by atoms with Crippen LogP contribution >= 0.6 is 0 Å². The smallest absolute Gasteiger partial charge is 0.287 e. The minimum atomic E-state index is -0.236. The zero-order chi connectivity index (χ0) is 17.6. The van der Waals surface area contributed by atoms with E-state index in [-0.39, 0.29) is 5.91 Å². The van der Waals surface area contributed by atoms with Gasteiger partial charge in [-0.05, 0) is 36.9 Å². The Kier molecular flexibility index (Phi) is 5.67. The number of nitrogens with one attached hydrogen (secondary N) is 1. The van der Waals surface area contributed by atoms with E-state index in [0.717, 1.165) is 37.6 Å². The summed E-state index contributed by atoms with van der Waals surface area (Å²) in [7, 11) is 3.72. The maximum Gasteiger partial charge on any atom is 0.287 e. The van der Waals surface area contributed by atoms with Crippen LogP contribution in [0.15, 0.2) is 34.9 Å². The molecular formula is C18H24N4O3. The summed E-state index contributed by atoms with van der Waals surface area (Å²) in [6, 6.07) is 7.35. The van der Waals surface area contributed by atoms with E-state index < -0.39 is 0 Å². The highest BCUT2D eigenvalue weighted by atomic mass is 16.5. The number of amides is 1. The van der Waals surface area contributed by atoms with Crippen LogP contribution in [0.5, 0.6) is 0 Å². The van der Waals surface area contributed by atoms with Crippen molar-refractivity contribution in [2.45, 2.75) is 13.2 Å². The highest BCUT2D eigenvalue weighted by Gasteiger charge is 2.16. The molecule has 1 fully saturated rings. The summed E-state index contributed by atoms with van der Waals surface area (Å²) in [4.78, 5) is 21.2. The third-order valence-electron chi connectivity index (χ3n) is 4.26. The molecule has 2 aromatic rings. The summed E-state index contributed by atoms with van der Waals surface area (Å²) in [6.45, 7) is 4.78. The number of pyridine rings is 1. The summed E-state index contributed by atoms with van der Waals surface area (Å²) in [6.07, 6.45) is 1.79. The quantitative estimate of drug-likeness (QED) is 0.856. The van der Waals surface area contributed by atoms with Crippen molar-refractivity contribution < 1.29 is 13.9 Å². The number of rotatable bonds is 6. The second-order valence-corrected chi connectivity index (χ2v) is 6.19. The lowest BCUT2D eigenvalue weighted by Crippen LogP contribution is -2.44. The van der Waals surface area contributed by atoms with Crippen LogP contribution in [0.25, 0.3) is 0 Å². The van der Waals surface area contributed by atoms with E-state index in [1.54, 1.807) is 25.4 Å². The van der Waals surface area contributed by atoms with Crippen molar-refractivity contribution in [1.29, 1.82) is 0 Å². The standard InChI is InChI=1S/C18H24N4O3/c1-21-7-9-22(10-8-21)17-11-14(5-6-19-17)12-20-18(23)16-4-3-15(25-16)13-24-2/h3-6,11H,7-10,12-13H2,1-2H3,(H,20,23). The highest BCUT2D eigenvalue weighted by molar-refractivity contribution is 5.91. The predicted molar refractivity (Wildman–Crippen MR) is 94.5 cm³/mol. The fraction of sp³-hybridized carbons (Fsp3) is 0.444. The molecule has 0 unspecified atom stereocenters. The maximum atomic E-state index is 12.2. The lowest BCUT2D eigenvalue weighted by Gasteiger charge is -2.33. The van der Waals surface area contributed by atoms with E-state index in [1.165, 1.54) is 0 Å². The number of hydrogen-bond donors (Lipinski definition) is 1. The van der Waals surface area contributed by atoms with Gasteiger partial charge in [0.2, 0.25) is 0 Å². The van der Waals surface area contributed by atoms with Crippen LogP contribution in [0.3, 0.4) is 0 Å². The van der Waals surface area contributed by atoms with Crippen LogP contribution in [-0.4, -0.2) is 56.1 Å². The Hall–Kier alpha value is -2.38. The number of carbonyl (C=O) groups excluding carboxylic acids is 1. The van der Waals surface area contributed by atoms with Crippen molar-refractivity contribution in [3.05, 3.63) is 47.5 Å². The molecule has 0 bridgehead atoms. The van der Waals surface area contributed by atoms with Gasteiger partial charge in [0, 0.05) is 46.0 Å². The number of furan rings is 1. The zero-order valence-electron chi connectivity index (χ0n) is 14.7. The Labute approximate surface area is 147 Å². The van der Waals surface area contributed by atoms with Gasteiger partial charge in [0.15, 0.2) is 5.76 Å². The molecule has 134 valence electrons. The molecule has 0 aliphatic carbocycles. The van der Waals surface area contributed by atoms with Crippen molar-refractivity contribution in [2.24, 2.45) is 0 Å². The van der Waals surface area contributed by atoms with E-state index in [2.05, 4.69) is 27.1 Å². The summed E-state index contributed by atoms with van der Waals surface area (Å²) in [5.41, 5.74) is 1.01. The van der Waals surface area contributed by atoms with Gasteiger partial charge >= 0.3 is 0 Å². The van der Waals surface area contributed by atoms with Crippen LogP contribution in [0.4, 0.5) is 5.82 Å². The zero-order valence-corrected chi connectivity index (χ0v) is 14.7. The number of likely N-dealkylation sites (N-methyl/N-ethyl adjacent to an activating group) is 1. The number of ether oxygens (including phenoxy) is 1. The summed E-state index contributed by atoms with van der Waals surface area (Å²) in [5, 5.41) is 2.88. The minimum Gasteiger partial charge on any atom is -0.453 e. The summed E-state index contributed by atoms with van der Waals surface area (Å²) < 4.78 is 10.4. The van der Waals surface area contributed by atoms with Gasteiger partial charge in [-0.15, -0.1) is 0 Å². The first kappa shape index (κ1) is 17.4. The monoisotopic (exact) mass is 344 g/mol. The minimum absolute atomic E-state index is 0.236. The summed E-state index contributed by atoms with van der Waals surface area (Å²) >= 11 is 0. The molecule has 7 nitrogen and oxygen atoms in total.